The Morgan fingerprint density at radius 2 is 1.25 bits per heavy atom. The molecule has 0 fully saturated rings. The van der Waals surface area contributed by atoms with Crippen molar-refractivity contribution in [2.24, 2.45) is 0 Å². The van der Waals surface area contributed by atoms with E-state index in [4.69, 9.17) is 3.08 Å². The van der Waals surface area contributed by atoms with Crippen molar-refractivity contribution >= 4 is 22.5 Å². The summed E-state index contributed by atoms with van der Waals surface area (Å²) < 4.78 is 8.34. The van der Waals surface area contributed by atoms with Gasteiger partial charge in [-0.3, -0.25) is 0 Å². The van der Waals surface area contributed by atoms with E-state index in [0.29, 0.717) is 22.5 Å². The van der Waals surface area contributed by atoms with Gasteiger partial charge in [0.15, 0.2) is 0 Å². The molecule has 0 saturated heterocycles. The first-order chi connectivity index (χ1) is 1.00. The maximum atomic E-state index is 8.34. The standard InChI is InChI=1S/Ag.Ni.O.Sn. The van der Waals surface area contributed by atoms with E-state index in [9.17, 15) is 0 Å². The van der Waals surface area contributed by atoms with Crippen molar-refractivity contribution in [3.63, 3.8) is 0 Å². The van der Waals surface area contributed by atoms with Crippen LogP contribution >= 0.6 is 0 Å². The molecule has 3 radical (unpaired) electrons. The van der Waals surface area contributed by atoms with Crippen molar-refractivity contribution in [1.82, 2.24) is 0 Å². The molecule has 0 aliphatic carbocycles. The summed E-state index contributed by atoms with van der Waals surface area (Å²) in [7, 11) is 0. The fraction of sp³-hybridized carbons (Fsp3) is 0. The minimum absolute atomic E-state index is 0. The van der Waals surface area contributed by atoms with Crippen LogP contribution in [0.2, 0.25) is 0 Å². The SMILES string of the molecule is [Ag].[Ni].[O]=[Sn]. The van der Waals surface area contributed by atoms with Gasteiger partial charge in [0.25, 0.3) is 0 Å². The van der Waals surface area contributed by atoms with Crippen molar-refractivity contribution in [2.45, 2.75) is 0 Å². The molecule has 0 aliphatic heterocycles. The molecule has 0 aliphatic rings. The Hall–Kier alpha value is 1.83. The van der Waals surface area contributed by atoms with Crippen LogP contribution in [-0.4, -0.2) is 22.5 Å². The second-order valence-electron chi connectivity index (χ2n) is 0. The van der Waals surface area contributed by atoms with Gasteiger partial charge in [-0.1, -0.05) is 0 Å². The normalized spacial score (nSPS) is 1.00. The summed E-state index contributed by atoms with van der Waals surface area (Å²) in [5.41, 5.74) is 0. The molecular weight excluding hydrogens is 301 g/mol. The Balaban J connectivity index is -0.00000000500. The van der Waals surface area contributed by atoms with Gasteiger partial charge in [-0.15, -0.1) is 0 Å². The maximum absolute atomic E-state index is 8.34. The molecule has 4 heteroatoms. The average molecular weight is 301 g/mol. The Bertz CT molecular complexity index is 8.00. The van der Waals surface area contributed by atoms with Gasteiger partial charge in [0.1, 0.15) is 0 Å². The van der Waals surface area contributed by atoms with Crippen LogP contribution in [-0.2, 0) is 41.9 Å². The van der Waals surface area contributed by atoms with Crippen LogP contribution in [0.15, 0.2) is 0 Å². The van der Waals surface area contributed by atoms with Crippen LogP contribution in [0.3, 0.4) is 0 Å². The van der Waals surface area contributed by atoms with Gasteiger partial charge in [-0.2, -0.15) is 0 Å². The second-order valence-corrected chi connectivity index (χ2v) is 0. The van der Waals surface area contributed by atoms with E-state index in [1.54, 1.807) is 0 Å². The Kier molecular flexibility index (Phi) is 89.7. The van der Waals surface area contributed by atoms with Gasteiger partial charge < -0.3 is 0 Å². The summed E-state index contributed by atoms with van der Waals surface area (Å²) in [5.74, 6) is 0. The number of hydrogen-bond donors (Lipinski definition) is 0. The second kappa shape index (κ2) is 21.1. The van der Waals surface area contributed by atoms with E-state index in [-0.39, 0.29) is 38.9 Å². The predicted octanol–water partition coefficient (Wildman–Crippen LogP) is -0.505. The molecule has 4 heavy (non-hydrogen) atoms. The molecule has 0 aromatic carbocycles. The summed E-state index contributed by atoms with van der Waals surface area (Å²) in [6, 6.07) is 0. The fourth-order valence-corrected chi connectivity index (χ4v) is 0. The van der Waals surface area contributed by atoms with Crippen LogP contribution in [0.4, 0.5) is 0 Å². The molecule has 0 saturated carbocycles. The van der Waals surface area contributed by atoms with Crippen molar-refractivity contribution in [3.8, 4) is 0 Å². The predicted molar refractivity (Wildman–Crippen MR) is 6.44 cm³/mol. The molecule has 0 aromatic rings. The van der Waals surface area contributed by atoms with Gasteiger partial charge in [0.05, 0.1) is 0 Å². The molecule has 0 atom stereocenters. The molecule has 0 bridgehead atoms. The first kappa shape index (κ1) is 17.0. The molecule has 0 spiro atoms. The summed E-state index contributed by atoms with van der Waals surface area (Å²) in [5, 5.41) is 0. The molecular formula is AgNiOSn. The van der Waals surface area contributed by atoms with E-state index < -0.39 is 0 Å². The van der Waals surface area contributed by atoms with E-state index in [0.717, 1.165) is 0 Å². The zero-order valence-corrected chi connectivity index (χ0v) is 6.85. The van der Waals surface area contributed by atoms with Crippen LogP contribution in [0, 0.1) is 0 Å². The third kappa shape index (κ3) is 9.16. The van der Waals surface area contributed by atoms with E-state index >= 15 is 0 Å². The topological polar surface area (TPSA) is 17.1 Å². The third-order valence-corrected chi connectivity index (χ3v) is 0. The van der Waals surface area contributed by atoms with Gasteiger partial charge in [-0.25, -0.2) is 0 Å². The quantitative estimate of drug-likeness (QED) is 0.551. The Morgan fingerprint density at radius 3 is 1.25 bits per heavy atom. The number of rotatable bonds is 0. The Morgan fingerprint density at radius 1 is 1.25 bits per heavy atom. The Labute approximate surface area is 63.8 Å². The van der Waals surface area contributed by atoms with Crippen molar-refractivity contribution in [2.75, 3.05) is 0 Å². The van der Waals surface area contributed by atoms with E-state index in [2.05, 4.69) is 0 Å². The summed E-state index contributed by atoms with van der Waals surface area (Å²) in [6.45, 7) is 0. The molecule has 0 rings (SSSR count). The first-order valence-corrected chi connectivity index (χ1v) is 1.37. The van der Waals surface area contributed by atoms with E-state index in [1.165, 1.54) is 0 Å². The van der Waals surface area contributed by atoms with Gasteiger partial charge in [0.2, 0.25) is 0 Å². The average Bonchev–Trinajstić information content (AvgIpc) is 1.00. The van der Waals surface area contributed by atoms with Crippen LogP contribution in [0.5, 0.6) is 0 Å². The summed E-state index contributed by atoms with van der Waals surface area (Å²) >= 11 is 0.300. The van der Waals surface area contributed by atoms with Crippen molar-refractivity contribution in [1.29, 1.82) is 0 Å². The summed E-state index contributed by atoms with van der Waals surface area (Å²) in [4.78, 5) is 0. The van der Waals surface area contributed by atoms with Crippen molar-refractivity contribution in [3.05, 3.63) is 0 Å². The molecule has 31 valence electrons. The van der Waals surface area contributed by atoms with E-state index in [1.807, 2.05) is 0 Å². The van der Waals surface area contributed by atoms with Crippen LogP contribution < -0.4 is 0 Å². The minimum atomic E-state index is 0. The van der Waals surface area contributed by atoms with Gasteiger partial charge in [0, 0.05) is 38.9 Å². The molecule has 0 unspecified atom stereocenters. The van der Waals surface area contributed by atoms with Gasteiger partial charge >= 0.3 is 25.6 Å². The first-order valence-electron chi connectivity index (χ1n) is 0.204. The molecule has 0 heterocycles. The molecule has 0 N–H and O–H groups in total. The zero-order chi connectivity index (χ0) is 2.00. The molecule has 0 amide bonds. The third-order valence-electron chi connectivity index (χ3n) is 0. The van der Waals surface area contributed by atoms with Gasteiger partial charge in [-0.05, 0) is 0 Å². The zero-order valence-electron chi connectivity index (χ0n) is 1.53. The number of hydrogen-bond acceptors (Lipinski definition) is 1. The monoisotopic (exact) mass is 301 g/mol. The molecule has 1 nitrogen and oxygen atoms in total. The van der Waals surface area contributed by atoms with Crippen LogP contribution in [0.1, 0.15) is 0 Å². The fourth-order valence-electron chi connectivity index (χ4n) is 0. The van der Waals surface area contributed by atoms with Crippen molar-refractivity contribution < 1.29 is 41.9 Å². The summed E-state index contributed by atoms with van der Waals surface area (Å²) in [6.07, 6.45) is 0. The molecule has 0 aromatic heterocycles. The van der Waals surface area contributed by atoms with Crippen LogP contribution in [0.25, 0.3) is 0 Å².